The van der Waals surface area contributed by atoms with Crippen LogP contribution in [0.4, 0.5) is 0 Å². The van der Waals surface area contributed by atoms with Crippen molar-refractivity contribution in [1.29, 1.82) is 0 Å². The lowest BCUT2D eigenvalue weighted by Gasteiger charge is -2.26. The molecule has 0 radical (unpaired) electrons. The van der Waals surface area contributed by atoms with Gasteiger partial charge in [0.05, 0.1) is 19.8 Å². The van der Waals surface area contributed by atoms with Crippen LogP contribution in [0, 0.1) is 0 Å². The number of benzene rings is 4. The average molecular weight is 759 g/mol. The second-order valence-electron chi connectivity index (χ2n) is 15.3. The van der Waals surface area contributed by atoms with Crippen LogP contribution in [0.2, 0.25) is 0 Å². The molecule has 2 heterocycles. The molecule has 2 aliphatic carbocycles. The van der Waals surface area contributed by atoms with E-state index in [0.29, 0.717) is 26.4 Å². The summed E-state index contributed by atoms with van der Waals surface area (Å²) in [5, 5.41) is 0. The van der Waals surface area contributed by atoms with Gasteiger partial charge < -0.3 is 23.8 Å². The molecule has 296 valence electrons. The van der Waals surface area contributed by atoms with Crippen molar-refractivity contribution < 1.29 is 28.5 Å². The maximum absolute atomic E-state index is 12.9. The lowest BCUT2D eigenvalue weighted by molar-refractivity contribution is 0.103. The topological polar surface area (TPSA) is 77.5 Å². The Hall–Kier alpha value is -4.66. The van der Waals surface area contributed by atoms with Gasteiger partial charge in [-0.15, -0.1) is 0 Å². The van der Waals surface area contributed by atoms with Crippen LogP contribution in [0.15, 0.2) is 72.8 Å². The third-order valence-corrected chi connectivity index (χ3v) is 11.3. The van der Waals surface area contributed by atoms with Gasteiger partial charge in [-0.3, -0.25) is 14.5 Å². The molecule has 2 saturated heterocycles. The molecule has 2 fully saturated rings. The quantitative estimate of drug-likeness (QED) is 0.0852. The molecule has 0 atom stereocenters. The van der Waals surface area contributed by atoms with Gasteiger partial charge in [0.15, 0.2) is 11.6 Å². The minimum atomic E-state index is 0.0624. The highest BCUT2D eigenvalue weighted by atomic mass is 16.5. The Balaban J connectivity index is 0.000000172. The van der Waals surface area contributed by atoms with Crippen molar-refractivity contribution in [2.24, 2.45) is 0 Å². The highest BCUT2D eigenvalue weighted by Gasteiger charge is 2.31. The van der Waals surface area contributed by atoms with Crippen molar-refractivity contribution in [2.45, 2.75) is 78.1 Å². The lowest BCUT2D eigenvalue weighted by atomic mass is 10.0. The Bertz CT molecular complexity index is 1960. The van der Waals surface area contributed by atoms with Gasteiger partial charge in [-0.2, -0.15) is 0 Å². The van der Waals surface area contributed by atoms with E-state index in [4.69, 9.17) is 18.9 Å². The van der Waals surface area contributed by atoms with Crippen LogP contribution in [-0.4, -0.2) is 87.1 Å². The first kappa shape index (κ1) is 39.6. The third kappa shape index (κ3) is 9.30. The summed E-state index contributed by atoms with van der Waals surface area (Å²) in [7, 11) is 0. The van der Waals surface area contributed by atoms with Gasteiger partial charge in [0, 0.05) is 46.5 Å². The summed E-state index contributed by atoms with van der Waals surface area (Å²) in [6.07, 6.45) is 11.8. The first-order valence-electron chi connectivity index (χ1n) is 21.2. The predicted octanol–water partition coefficient (Wildman–Crippen LogP) is 9.88. The van der Waals surface area contributed by atoms with E-state index >= 15 is 0 Å². The Morgan fingerprint density at radius 1 is 0.464 bits per heavy atom. The van der Waals surface area contributed by atoms with Crippen molar-refractivity contribution in [3.05, 3.63) is 95.1 Å². The fourth-order valence-electron chi connectivity index (χ4n) is 8.18. The maximum Gasteiger partial charge on any atom is 0.194 e. The number of ether oxygens (including phenoxy) is 4. The lowest BCUT2D eigenvalue weighted by Crippen LogP contribution is -2.33. The number of ketones is 2. The summed E-state index contributed by atoms with van der Waals surface area (Å²) in [4.78, 5) is 30.8. The number of fused-ring (bicyclic) bond motifs is 6. The van der Waals surface area contributed by atoms with Gasteiger partial charge in [-0.05, 0) is 131 Å². The van der Waals surface area contributed by atoms with Crippen molar-refractivity contribution >= 4 is 11.6 Å². The molecule has 0 unspecified atom stereocenters. The zero-order valence-electron chi connectivity index (χ0n) is 33.4. The summed E-state index contributed by atoms with van der Waals surface area (Å²) in [5.41, 5.74) is 6.68. The van der Waals surface area contributed by atoms with E-state index in [0.717, 1.165) is 113 Å². The number of carbonyl (C=O) groups is 2. The summed E-state index contributed by atoms with van der Waals surface area (Å²) >= 11 is 0. The number of likely N-dealkylation sites (tertiary alicyclic amines) is 2. The molecule has 56 heavy (non-hydrogen) atoms. The van der Waals surface area contributed by atoms with E-state index in [2.05, 4.69) is 23.6 Å². The first-order valence-corrected chi connectivity index (χ1v) is 21.2. The second kappa shape index (κ2) is 19.5. The SMILES string of the molecule is CCCCOc1ccc2c(c1)C(=O)c1cccc(OCCCN3CCCC3)c1-2.CCCCOc1ccc2c(c1)C(=O)c1cccc(OCCN3CCCCC3)c1-2. The third-order valence-electron chi connectivity index (χ3n) is 11.3. The molecule has 0 spiro atoms. The van der Waals surface area contributed by atoms with Crippen molar-refractivity contribution in [1.82, 2.24) is 9.80 Å². The summed E-state index contributed by atoms with van der Waals surface area (Å²) in [6.45, 7) is 13.7. The van der Waals surface area contributed by atoms with E-state index in [1.807, 2.05) is 72.8 Å². The fourth-order valence-corrected chi connectivity index (χ4v) is 8.18. The Morgan fingerprint density at radius 2 is 0.929 bits per heavy atom. The number of nitrogens with zero attached hydrogens (tertiary/aromatic N) is 2. The van der Waals surface area contributed by atoms with Crippen LogP contribution in [0.25, 0.3) is 22.3 Å². The largest absolute Gasteiger partial charge is 0.494 e. The Labute approximate surface area is 333 Å². The standard InChI is InChI=1S/2C24H29NO3/c1-2-3-15-27-18-10-11-19-21(17-18)24(26)20-8-6-9-22(23(19)20)28-16-7-14-25-12-4-5-13-25;1-2-3-15-27-18-10-11-19-21(17-18)24(26)20-8-7-9-22(23(19)20)28-16-14-25-12-5-4-6-13-25/h6,8-11,17H,2-5,7,12-16H2,1H3;7-11,17H,2-6,12-16H2,1H3. The molecule has 8 nitrogen and oxygen atoms in total. The minimum Gasteiger partial charge on any atom is -0.494 e. The van der Waals surface area contributed by atoms with Gasteiger partial charge in [0.25, 0.3) is 0 Å². The van der Waals surface area contributed by atoms with Crippen LogP contribution in [0.1, 0.15) is 110 Å². The highest BCUT2D eigenvalue weighted by molar-refractivity contribution is 6.23. The highest BCUT2D eigenvalue weighted by Crippen LogP contribution is 2.45. The van der Waals surface area contributed by atoms with Crippen LogP contribution >= 0.6 is 0 Å². The van der Waals surface area contributed by atoms with Crippen LogP contribution < -0.4 is 18.9 Å². The zero-order chi connectivity index (χ0) is 38.7. The molecule has 0 bridgehead atoms. The van der Waals surface area contributed by atoms with E-state index in [1.54, 1.807) is 0 Å². The van der Waals surface area contributed by atoms with E-state index < -0.39 is 0 Å². The molecule has 0 aromatic heterocycles. The van der Waals surface area contributed by atoms with E-state index in [-0.39, 0.29) is 11.6 Å². The number of carbonyl (C=O) groups excluding carboxylic acids is 2. The van der Waals surface area contributed by atoms with Crippen LogP contribution in [0.5, 0.6) is 23.0 Å². The zero-order valence-corrected chi connectivity index (χ0v) is 33.4. The minimum absolute atomic E-state index is 0.0624. The smallest absolute Gasteiger partial charge is 0.194 e. The van der Waals surface area contributed by atoms with Gasteiger partial charge in [0.1, 0.15) is 29.6 Å². The normalized spacial score (nSPS) is 15.8. The molecule has 8 heteroatoms. The Kier molecular flexibility index (Phi) is 13.8. The molecule has 4 aliphatic rings. The molecule has 2 aliphatic heterocycles. The molecule has 4 aromatic carbocycles. The van der Waals surface area contributed by atoms with Crippen LogP contribution in [-0.2, 0) is 0 Å². The molecular formula is C48H58N2O6. The summed E-state index contributed by atoms with van der Waals surface area (Å²) in [5.74, 6) is 3.27. The number of hydrogen-bond donors (Lipinski definition) is 0. The van der Waals surface area contributed by atoms with Gasteiger partial charge in [0.2, 0.25) is 0 Å². The number of hydrogen-bond acceptors (Lipinski definition) is 8. The van der Waals surface area contributed by atoms with Crippen LogP contribution in [0.3, 0.4) is 0 Å². The van der Waals surface area contributed by atoms with Gasteiger partial charge >= 0.3 is 0 Å². The monoisotopic (exact) mass is 758 g/mol. The molecule has 0 N–H and O–H groups in total. The fraction of sp³-hybridized carbons (Fsp3) is 0.458. The predicted molar refractivity (Wildman–Crippen MR) is 223 cm³/mol. The Morgan fingerprint density at radius 3 is 1.45 bits per heavy atom. The molecule has 0 amide bonds. The number of unbranched alkanes of at least 4 members (excludes halogenated alkanes) is 2. The average Bonchev–Trinajstić information content (AvgIpc) is 3.93. The van der Waals surface area contributed by atoms with Crippen molar-refractivity contribution in [3.8, 4) is 45.3 Å². The molecular weight excluding hydrogens is 701 g/mol. The van der Waals surface area contributed by atoms with Gasteiger partial charge in [-0.1, -0.05) is 57.4 Å². The van der Waals surface area contributed by atoms with E-state index in [9.17, 15) is 9.59 Å². The van der Waals surface area contributed by atoms with Crippen molar-refractivity contribution in [2.75, 3.05) is 65.7 Å². The number of rotatable bonds is 17. The van der Waals surface area contributed by atoms with E-state index in [1.165, 1.54) is 58.3 Å². The molecule has 8 rings (SSSR count). The summed E-state index contributed by atoms with van der Waals surface area (Å²) < 4.78 is 23.8. The first-order chi connectivity index (χ1) is 27.6. The maximum atomic E-state index is 12.9. The molecule has 0 saturated carbocycles. The molecule has 4 aromatic rings. The van der Waals surface area contributed by atoms with Gasteiger partial charge in [-0.25, -0.2) is 0 Å². The number of piperidine rings is 1. The van der Waals surface area contributed by atoms with Crippen molar-refractivity contribution in [3.63, 3.8) is 0 Å². The summed E-state index contributed by atoms with van der Waals surface area (Å²) in [6, 6.07) is 23.2. The second-order valence-corrected chi connectivity index (χ2v) is 15.3.